The van der Waals surface area contributed by atoms with Crippen molar-refractivity contribution in [2.75, 3.05) is 19.7 Å². The molecule has 0 saturated carbocycles. The number of hydrogen-bond acceptors (Lipinski definition) is 3. The van der Waals surface area contributed by atoms with Gasteiger partial charge in [0, 0.05) is 19.7 Å². The van der Waals surface area contributed by atoms with Gasteiger partial charge in [0.1, 0.15) is 0 Å². The van der Waals surface area contributed by atoms with E-state index in [-0.39, 0.29) is 18.3 Å². The van der Waals surface area contributed by atoms with Crippen molar-refractivity contribution in [3.05, 3.63) is 35.4 Å². The second kappa shape index (κ2) is 6.03. The molecule has 5 heteroatoms. The van der Waals surface area contributed by atoms with Gasteiger partial charge < -0.3 is 5.11 Å². The van der Waals surface area contributed by atoms with E-state index in [4.69, 9.17) is 0 Å². The summed E-state index contributed by atoms with van der Waals surface area (Å²) in [6.45, 7) is 3.02. The van der Waals surface area contributed by atoms with E-state index in [1.54, 1.807) is 0 Å². The predicted molar refractivity (Wildman–Crippen MR) is 75.2 cm³/mol. The summed E-state index contributed by atoms with van der Waals surface area (Å²) in [6, 6.07) is 7.57. The van der Waals surface area contributed by atoms with E-state index in [1.807, 2.05) is 31.2 Å². The molecule has 0 aliphatic carbocycles. The van der Waals surface area contributed by atoms with Crippen molar-refractivity contribution in [1.29, 1.82) is 0 Å². The molecule has 1 unspecified atom stereocenters. The molecule has 1 heterocycles. The summed E-state index contributed by atoms with van der Waals surface area (Å²) in [4.78, 5) is 0. The normalized spacial score (nSPS) is 21.5. The van der Waals surface area contributed by atoms with Crippen molar-refractivity contribution in [1.82, 2.24) is 4.31 Å². The summed E-state index contributed by atoms with van der Waals surface area (Å²) in [5, 5.41) is 9.19. The van der Waals surface area contributed by atoms with Gasteiger partial charge in [-0.3, -0.25) is 0 Å². The smallest absolute Gasteiger partial charge is 0.218 e. The molecule has 1 aliphatic heterocycles. The standard InChI is InChI=1S/C14H21NO3S/c1-12-5-2-3-7-14(12)11-19(17,18)15-8-4-6-13(9-15)10-16/h2-3,5,7,13,16H,4,6,8-11H2,1H3. The van der Waals surface area contributed by atoms with Crippen molar-refractivity contribution in [3.63, 3.8) is 0 Å². The maximum absolute atomic E-state index is 12.4. The van der Waals surface area contributed by atoms with Crippen molar-refractivity contribution < 1.29 is 13.5 Å². The molecule has 0 bridgehead atoms. The second-order valence-electron chi connectivity index (χ2n) is 5.23. The molecule has 1 fully saturated rings. The van der Waals surface area contributed by atoms with Crippen LogP contribution in [0.5, 0.6) is 0 Å². The summed E-state index contributed by atoms with van der Waals surface area (Å²) in [5.74, 6) is 0.137. The largest absolute Gasteiger partial charge is 0.396 e. The van der Waals surface area contributed by atoms with Gasteiger partial charge in [0.25, 0.3) is 0 Å². The van der Waals surface area contributed by atoms with E-state index in [0.717, 1.165) is 24.0 Å². The lowest BCUT2D eigenvalue weighted by molar-refractivity contribution is 0.165. The highest BCUT2D eigenvalue weighted by molar-refractivity contribution is 7.88. The van der Waals surface area contributed by atoms with Crippen LogP contribution in [0, 0.1) is 12.8 Å². The van der Waals surface area contributed by atoms with Crippen LogP contribution >= 0.6 is 0 Å². The maximum Gasteiger partial charge on any atom is 0.218 e. The molecule has 0 amide bonds. The van der Waals surface area contributed by atoms with Crippen molar-refractivity contribution in [2.24, 2.45) is 5.92 Å². The highest BCUT2D eigenvalue weighted by Crippen LogP contribution is 2.21. The summed E-state index contributed by atoms with van der Waals surface area (Å²) >= 11 is 0. The van der Waals surface area contributed by atoms with E-state index in [1.165, 1.54) is 4.31 Å². The fraction of sp³-hybridized carbons (Fsp3) is 0.571. The third-order valence-electron chi connectivity index (χ3n) is 3.73. The number of aryl methyl sites for hydroxylation is 1. The van der Waals surface area contributed by atoms with Crippen LogP contribution in [-0.4, -0.2) is 37.5 Å². The first-order valence-electron chi connectivity index (χ1n) is 6.66. The third kappa shape index (κ3) is 3.55. The molecule has 0 spiro atoms. The first-order valence-corrected chi connectivity index (χ1v) is 8.27. The van der Waals surface area contributed by atoms with Crippen LogP contribution in [0.1, 0.15) is 24.0 Å². The summed E-state index contributed by atoms with van der Waals surface area (Å²) in [7, 11) is -3.28. The Kier molecular flexibility index (Phi) is 4.60. The molecule has 1 aliphatic rings. The molecule has 0 radical (unpaired) electrons. The van der Waals surface area contributed by atoms with Crippen LogP contribution in [0.2, 0.25) is 0 Å². The van der Waals surface area contributed by atoms with E-state index in [2.05, 4.69) is 0 Å². The Balaban J connectivity index is 2.12. The monoisotopic (exact) mass is 283 g/mol. The number of aliphatic hydroxyl groups is 1. The molecule has 1 N–H and O–H groups in total. The lowest BCUT2D eigenvalue weighted by Gasteiger charge is -2.31. The number of hydrogen-bond donors (Lipinski definition) is 1. The van der Waals surface area contributed by atoms with E-state index in [9.17, 15) is 13.5 Å². The Labute approximate surface area is 115 Å². The topological polar surface area (TPSA) is 57.6 Å². The van der Waals surface area contributed by atoms with Gasteiger partial charge in [0.15, 0.2) is 0 Å². The minimum absolute atomic E-state index is 0.0534. The van der Waals surface area contributed by atoms with Crippen LogP contribution in [0.3, 0.4) is 0 Å². The minimum atomic E-state index is -3.28. The molecule has 0 aromatic heterocycles. The van der Waals surface area contributed by atoms with Gasteiger partial charge in [-0.1, -0.05) is 24.3 Å². The van der Waals surface area contributed by atoms with E-state index < -0.39 is 10.0 Å². The maximum atomic E-state index is 12.4. The lowest BCUT2D eigenvalue weighted by atomic mass is 10.0. The van der Waals surface area contributed by atoms with Gasteiger partial charge in [0.05, 0.1) is 5.75 Å². The SMILES string of the molecule is Cc1ccccc1CS(=O)(=O)N1CCCC(CO)C1. The fourth-order valence-corrected chi connectivity index (χ4v) is 4.23. The highest BCUT2D eigenvalue weighted by Gasteiger charge is 2.28. The zero-order chi connectivity index (χ0) is 13.9. The number of benzene rings is 1. The number of sulfonamides is 1. The number of rotatable bonds is 4. The third-order valence-corrected chi connectivity index (χ3v) is 5.53. The van der Waals surface area contributed by atoms with Gasteiger partial charge in [-0.15, -0.1) is 0 Å². The molecule has 4 nitrogen and oxygen atoms in total. The Hall–Kier alpha value is -0.910. The predicted octanol–water partition coefficient (Wildman–Crippen LogP) is 1.53. The number of aliphatic hydroxyl groups excluding tert-OH is 1. The summed E-state index contributed by atoms with van der Waals surface area (Å²) in [5.41, 5.74) is 1.86. The molecular weight excluding hydrogens is 262 g/mol. The van der Waals surface area contributed by atoms with Crippen LogP contribution < -0.4 is 0 Å². The molecule has 106 valence electrons. The first-order chi connectivity index (χ1) is 9.03. The molecule has 1 saturated heterocycles. The Morgan fingerprint density at radius 1 is 1.37 bits per heavy atom. The zero-order valence-electron chi connectivity index (χ0n) is 11.2. The van der Waals surface area contributed by atoms with Crippen LogP contribution in [-0.2, 0) is 15.8 Å². The van der Waals surface area contributed by atoms with Gasteiger partial charge >= 0.3 is 0 Å². The van der Waals surface area contributed by atoms with E-state index >= 15 is 0 Å². The quantitative estimate of drug-likeness (QED) is 0.911. The molecule has 1 aromatic rings. The van der Waals surface area contributed by atoms with Crippen LogP contribution in [0.15, 0.2) is 24.3 Å². The summed E-state index contributed by atoms with van der Waals surface area (Å²) < 4.78 is 26.4. The fourth-order valence-electron chi connectivity index (χ4n) is 2.49. The second-order valence-corrected chi connectivity index (χ2v) is 7.20. The van der Waals surface area contributed by atoms with Gasteiger partial charge in [-0.25, -0.2) is 12.7 Å². The van der Waals surface area contributed by atoms with Crippen LogP contribution in [0.4, 0.5) is 0 Å². The minimum Gasteiger partial charge on any atom is -0.396 e. The lowest BCUT2D eigenvalue weighted by Crippen LogP contribution is -2.41. The molecular formula is C14H21NO3S. The van der Waals surface area contributed by atoms with Crippen LogP contribution in [0.25, 0.3) is 0 Å². The van der Waals surface area contributed by atoms with Gasteiger partial charge in [0.2, 0.25) is 10.0 Å². The molecule has 1 atom stereocenters. The van der Waals surface area contributed by atoms with Crippen molar-refractivity contribution >= 4 is 10.0 Å². The Morgan fingerprint density at radius 2 is 2.11 bits per heavy atom. The van der Waals surface area contributed by atoms with Gasteiger partial charge in [-0.05, 0) is 36.8 Å². The van der Waals surface area contributed by atoms with Crippen molar-refractivity contribution in [2.45, 2.75) is 25.5 Å². The van der Waals surface area contributed by atoms with Crippen molar-refractivity contribution in [3.8, 4) is 0 Å². The zero-order valence-corrected chi connectivity index (χ0v) is 12.1. The summed E-state index contributed by atoms with van der Waals surface area (Å²) in [6.07, 6.45) is 1.74. The molecule has 1 aromatic carbocycles. The van der Waals surface area contributed by atoms with Gasteiger partial charge in [-0.2, -0.15) is 0 Å². The first kappa shape index (κ1) is 14.5. The average molecular weight is 283 g/mol. The molecule has 2 rings (SSSR count). The molecule has 19 heavy (non-hydrogen) atoms. The average Bonchev–Trinajstić information content (AvgIpc) is 2.41. The van der Waals surface area contributed by atoms with E-state index in [0.29, 0.717) is 13.1 Å². The Morgan fingerprint density at radius 3 is 2.79 bits per heavy atom. The highest BCUT2D eigenvalue weighted by atomic mass is 32.2. The Bertz CT molecular complexity index is 527. The number of piperidine rings is 1. The number of nitrogens with zero attached hydrogens (tertiary/aromatic N) is 1.